The molecule has 238 valence electrons. The summed E-state index contributed by atoms with van der Waals surface area (Å²) in [6, 6.07) is 28.8. The SMILES string of the molecule is CCOC(=O)CCCCCn1cnc(-c2ccc([C@H](c3cccc(OC)c3)N3C[C@@H](C)N(Cc4ccccc4)C[C@@H]3C)cc2)n1. The van der Waals surface area contributed by atoms with Crippen LogP contribution in [0, 0.1) is 0 Å². The van der Waals surface area contributed by atoms with Gasteiger partial charge in [0, 0.05) is 50.2 Å². The third kappa shape index (κ3) is 8.59. The van der Waals surface area contributed by atoms with Gasteiger partial charge in [0.25, 0.3) is 0 Å². The number of aryl methyl sites for hydroxylation is 1. The molecule has 3 atom stereocenters. The molecule has 1 saturated heterocycles. The van der Waals surface area contributed by atoms with E-state index in [0.29, 0.717) is 25.1 Å². The predicted octanol–water partition coefficient (Wildman–Crippen LogP) is 6.76. The Hall–Kier alpha value is -4.01. The first kappa shape index (κ1) is 32.4. The summed E-state index contributed by atoms with van der Waals surface area (Å²) >= 11 is 0. The number of esters is 1. The average molecular weight is 610 g/mol. The number of benzene rings is 3. The molecule has 0 spiro atoms. The number of unbranched alkanes of at least 4 members (excludes halogenated alkanes) is 2. The number of carbonyl (C=O) groups excluding carboxylic acids is 1. The predicted molar refractivity (Wildman–Crippen MR) is 178 cm³/mol. The second-order valence-electron chi connectivity index (χ2n) is 12.1. The standard InChI is InChI=1S/C37H47N5O3/c1-5-45-35(43)17-10-7-11-22-41-27-38-37(39-41)32-20-18-31(19-21-32)36(33-15-12-16-34(23-33)44-4)42-25-28(2)40(24-29(42)3)26-30-13-8-6-9-14-30/h6,8-9,12-16,18-21,23,27-29,36H,5,7,10-11,17,22,24-26H2,1-4H3/t28-,29+,36-/m1/s1. The molecule has 0 amide bonds. The van der Waals surface area contributed by atoms with Gasteiger partial charge in [-0.15, -0.1) is 0 Å². The van der Waals surface area contributed by atoms with Gasteiger partial charge in [-0.3, -0.25) is 19.3 Å². The number of hydrogen-bond acceptors (Lipinski definition) is 7. The number of ether oxygens (including phenoxy) is 2. The highest BCUT2D eigenvalue weighted by Crippen LogP contribution is 2.35. The third-order valence-electron chi connectivity index (χ3n) is 8.73. The van der Waals surface area contributed by atoms with Gasteiger partial charge in [-0.05, 0) is 62.4 Å². The molecule has 0 unspecified atom stereocenters. The molecular weight excluding hydrogens is 562 g/mol. The highest BCUT2D eigenvalue weighted by Gasteiger charge is 2.35. The number of nitrogens with zero attached hydrogens (tertiary/aromatic N) is 5. The molecule has 8 heteroatoms. The van der Waals surface area contributed by atoms with Crippen LogP contribution in [0.2, 0.25) is 0 Å². The van der Waals surface area contributed by atoms with Crippen molar-refractivity contribution in [3.8, 4) is 17.1 Å². The third-order valence-corrected chi connectivity index (χ3v) is 8.73. The largest absolute Gasteiger partial charge is 0.497 e. The van der Waals surface area contributed by atoms with Crippen LogP contribution in [0.1, 0.15) is 69.2 Å². The molecule has 2 heterocycles. The molecule has 0 radical (unpaired) electrons. The van der Waals surface area contributed by atoms with Gasteiger partial charge in [0.15, 0.2) is 5.82 Å². The first-order chi connectivity index (χ1) is 21.9. The van der Waals surface area contributed by atoms with Crippen molar-refractivity contribution < 1.29 is 14.3 Å². The molecule has 1 aliphatic heterocycles. The molecular formula is C37H47N5O3. The van der Waals surface area contributed by atoms with E-state index in [0.717, 1.165) is 62.6 Å². The van der Waals surface area contributed by atoms with Crippen molar-refractivity contribution in [3.05, 3.63) is 102 Å². The van der Waals surface area contributed by atoms with Gasteiger partial charge in [-0.1, -0.05) is 73.2 Å². The second kappa shape index (κ2) is 15.8. The average Bonchev–Trinajstić information content (AvgIpc) is 3.53. The molecule has 0 aliphatic carbocycles. The minimum atomic E-state index is -0.119. The van der Waals surface area contributed by atoms with E-state index in [9.17, 15) is 4.79 Å². The molecule has 1 fully saturated rings. The Balaban J connectivity index is 1.29. The van der Waals surface area contributed by atoms with Crippen molar-refractivity contribution in [2.45, 2.75) is 77.7 Å². The molecule has 0 N–H and O–H groups in total. The second-order valence-corrected chi connectivity index (χ2v) is 12.1. The van der Waals surface area contributed by atoms with E-state index in [1.807, 2.05) is 17.7 Å². The van der Waals surface area contributed by atoms with E-state index in [1.54, 1.807) is 13.4 Å². The number of carbonyl (C=O) groups is 1. The summed E-state index contributed by atoms with van der Waals surface area (Å²) in [6.45, 7) is 10.7. The molecule has 8 nitrogen and oxygen atoms in total. The van der Waals surface area contributed by atoms with E-state index in [2.05, 4.69) is 101 Å². The molecule has 0 bridgehead atoms. The first-order valence-corrected chi connectivity index (χ1v) is 16.3. The van der Waals surface area contributed by atoms with Crippen molar-refractivity contribution >= 4 is 5.97 Å². The Morgan fingerprint density at radius 3 is 2.47 bits per heavy atom. The maximum atomic E-state index is 11.5. The van der Waals surface area contributed by atoms with Gasteiger partial charge in [0.2, 0.25) is 0 Å². The van der Waals surface area contributed by atoms with Crippen LogP contribution in [0.3, 0.4) is 0 Å². The zero-order valence-corrected chi connectivity index (χ0v) is 27.1. The Bertz CT molecular complexity index is 1490. The number of aromatic nitrogens is 3. The van der Waals surface area contributed by atoms with Crippen molar-refractivity contribution in [2.75, 3.05) is 26.8 Å². The van der Waals surface area contributed by atoms with Crippen molar-refractivity contribution in [3.63, 3.8) is 0 Å². The van der Waals surface area contributed by atoms with Gasteiger partial charge in [0.1, 0.15) is 12.1 Å². The van der Waals surface area contributed by atoms with Crippen LogP contribution in [0.4, 0.5) is 0 Å². The van der Waals surface area contributed by atoms with Crippen molar-refractivity contribution in [2.24, 2.45) is 0 Å². The fourth-order valence-corrected chi connectivity index (χ4v) is 6.31. The van der Waals surface area contributed by atoms with Crippen LogP contribution in [-0.2, 0) is 22.6 Å². The number of hydrogen-bond donors (Lipinski definition) is 0. The van der Waals surface area contributed by atoms with E-state index >= 15 is 0 Å². The van der Waals surface area contributed by atoms with Crippen LogP contribution in [0.5, 0.6) is 5.75 Å². The van der Waals surface area contributed by atoms with Crippen molar-refractivity contribution in [1.29, 1.82) is 0 Å². The highest BCUT2D eigenvalue weighted by molar-refractivity contribution is 5.69. The van der Waals surface area contributed by atoms with Crippen LogP contribution >= 0.6 is 0 Å². The van der Waals surface area contributed by atoms with E-state index < -0.39 is 0 Å². The summed E-state index contributed by atoms with van der Waals surface area (Å²) in [5.74, 6) is 1.47. The zero-order chi connectivity index (χ0) is 31.6. The van der Waals surface area contributed by atoms with Crippen molar-refractivity contribution in [1.82, 2.24) is 24.6 Å². The van der Waals surface area contributed by atoms with Gasteiger partial charge in [0.05, 0.1) is 19.8 Å². The summed E-state index contributed by atoms with van der Waals surface area (Å²) in [5.41, 5.74) is 4.82. The quantitative estimate of drug-likeness (QED) is 0.116. The maximum Gasteiger partial charge on any atom is 0.305 e. The minimum absolute atomic E-state index is 0.0885. The molecule has 3 aromatic carbocycles. The van der Waals surface area contributed by atoms with Crippen LogP contribution in [0.15, 0.2) is 85.2 Å². The minimum Gasteiger partial charge on any atom is -0.497 e. The Morgan fingerprint density at radius 2 is 1.71 bits per heavy atom. The van der Waals surface area contributed by atoms with Gasteiger partial charge in [-0.25, -0.2) is 4.98 Å². The topological polar surface area (TPSA) is 72.7 Å². The fraction of sp³-hybridized carbons (Fsp3) is 0.432. The lowest BCUT2D eigenvalue weighted by Crippen LogP contribution is -2.56. The van der Waals surface area contributed by atoms with E-state index in [4.69, 9.17) is 14.6 Å². The molecule has 5 rings (SSSR count). The Labute approximate surface area is 268 Å². The number of rotatable bonds is 14. The summed E-state index contributed by atoms with van der Waals surface area (Å²) < 4.78 is 12.5. The lowest BCUT2D eigenvalue weighted by atomic mass is 9.92. The lowest BCUT2D eigenvalue weighted by molar-refractivity contribution is -0.143. The van der Waals surface area contributed by atoms with Crippen LogP contribution in [-0.4, -0.2) is 69.4 Å². The fourth-order valence-electron chi connectivity index (χ4n) is 6.31. The molecule has 1 aromatic heterocycles. The molecule has 4 aromatic rings. The van der Waals surface area contributed by atoms with Crippen LogP contribution < -0.4 is 4.74 Å². The Kier molecular flexibility index (Phi) is 11.4. The first-order valence-electron chi connectivity index (χ1n) is 16.3. The summed E-state index contributed by atoms with van der Waals surface area (Å²) in [7, 11) is 1.73. The molecule has 0 saturated carbocycles. The molecule has 45 heavy (non-hydrogen) atoms. The number of piperazine rings is 1. The number of methoxy groups -OCH3 is 1. The normalized spacial score (nSPS) is 18.0. The molecule has 1 aliphatic rings. The highest BCUT2D eigenvalue weighted by atomic mass is 16.5. The smallest absolute Gasteiger partial charge is 0.305 e. The van der Waals surface area contributed by atoms with Gasteiger partial charge >= 0.3 is 5.97 Å². The van der Waals surface area contributed by atoms with Crippen LogP contribution in [0.25, 0.3) is 11.4 Å². The monoisotopic (exact) mass is 609 g/mol. The Morgan fingerprint density at radius 1 is 0.911 bits per heavy atom. The summed E-state index contributed by atoms with van der Waals surface area (Å²) in [4.78, 5) is 21.4. The lowest BCUT2D eigenvalue weighted by Gasteiger charge is -2.47. The maximum absolute atomic E-state index is 11.5. The van der Waals surface area contributed by atoms with E-state index in [1.165, 1.54) is 16.7 Å². The zero-order valence-electron chi connectivity index (χ0n) is 27.1. The summed E-state index contributed by atoms with van der Waals surface area (Å²) in [6.07, 6.45) is 4.99. The van der Waals surface area contributed by atoms with E-state index in [-0.39, 0.29) is 12.0 Å². The van der Waals surface area contributed by atoms with Gasteiger partial charge < -0.3 is 9.47 Å². The van der Waals surface area contributed by atoms with Gasteiger partial charge in [-0.2, -0.15) is 5.10 Å². The summed E-state index contributed by atoms with van der Waals surface area (Å²) in [5, 5.41) is 4.73.